The van der Waals surface area contributed by atoms with Crippen molar-refractivity contribution in [3.05, 3.63) is 29.8 Å². The normalized spacial score (nSPS) is 16.0. The molecular formula is C13H16F5O5PS. The van der Waals surface area contributed by atoms with Gasteiger partial charge in [0.1, 0.15) is 11.2 Å². The average Bonchev–Trinajstić information content (AvgIpc) is 2.43. The summed E-state index contributed by atoms with van der Waals surface area (Å²) in [4.78, 5) is -1.36. The Morgan fingerprint density at radius 3 is 2.12 bits per heavy atom. The van der Waals surface area contributed by atoms with E-state index >= 15 is 0 Å². The predicted octanol–water partition coefficient (Wildman–Crippen LogP) is 4.34. The standard InChI is InChI=1S/C13H16F5O5PS/c1-9(2)23-24(3,19)8-22-25(20,21)11-7-5-4-6-10(11)12(14,15)13(16,17)18/h4-7,9H,8H2,1-3H3. The molecule has 1 aromatic rings. The van der Waals surface area contributed by atoms with Crippen LogP contribution in [0, 0.1) is 0 Å². The molecule has 0 aliphatic rings. The molecule has 5 nitrogen and oxygen atoms in total. The topological polar surface area (TPSA) is 69.7 Å². The summed E-state index contributed by atoms with van der Waals surface area (Å²) < 4.78 is 110. The highest BCUT2D eigenvalue weighted by molar-refractivity contribution is 7.87. The van der Waals surface area contributed by atoms with E-state index in [1.165, 1.54) is 13.8 Å². The van der Waals surface area contributed by atoms with Gasteiger partial charge in [-0.25, -0.2) is 0 Å². The van der Waals surface area contributed by atoms with Crippen LogP contribution in [-0.2, 0) is 29.3 Å². The van der Waals surface area contributed by atoms with Crippen LogP contribution in [0.2, 0.25) is 0 Å². The number of benzene rings is 1. The van der Waals surface area contributed by atoms with Crippen LogP contribution in [0.15, 0.2) is 29.2 Å². The number of rotatable bonds is 7. The highest BCUT2D eigenvalue weighted by Gasteiger charge is 2.60. The van der Waals surface area contributed by atoms with Gasteiger partial charge in [-0.15, -0.1) is 0 Å². The SMILES string of the molecule is CC(C)OP(C)(=O)COS(=O)(=O)c1ccccc1C(F)(F)C(F)(F)F. The van der Waals surface area contributed by atoms with E-state index in [2.05, 4.69) is 4.18 Å². The van der Waals surface area contributed by atoms with E-state index in [1.54, 1.807) is 0 Å². The number of hydrogen-bond acceptors (Lipinski definition) is 5. The molecule has 0 aliphatic carbocycles. The maximum absolute atomic E-state index is 13.6. The van der Waals surface area contributed by atoms with Crippen LogP contribution < -0.4 is 0 Å². The molecule has 144 valence electrons. The van der Waals surface area contributed by atoms with Crippen LogP contribution in [0.1, 0.15) is 19.4 Å². The van der Waals surface area contributed by atoms with Gasteiger partial charge in [0.05, 0.1) is 11.7 Å². The van der Waals surface area contributed by atoms with Gasteiger partial charge in [0, 0.05) is 6.66 Å². The van der Waals surface area contributed by atoms with E-state index in [0.29, 0.717) is 12.1 Å². The Bertz CT molecular complexity index is 760. The molecular weight excluding hydrogens is 394 g/mol. The second kappa shape index (κ2) is 7.30. The summed E-state index contributed by atoms with van der Waals surface area (Å²) in [6.45, 7) is 4.09. The first-order valence-electron chi connectivity index (χ1n) is 6.78. The van der Waals surface area contributed by atoms with Gasteiger partial charge in [-0.1, -0.05) is 18.2 Å². The van der Waals surface area contributed by atoms with Crippen LogP contribution in [-0.4, -0.2) is 33.7 Å². The van der Waals surface area contributed by atoms with Crippen molar-refractivity contribution in [2.45, 2.75) is 36.9 Å². The van der Waals surface area contributed by atoms with Crippen LogP contribution in [0.5, 0.6) is 0 Å². The number of hydrogen-bond donors (Lipinski definition) is 0. The Balaban J connectivity index is 3.23. The Kier molecular flexibility index (Phi) is 6.43. The van der Waals surface area contributed by atoms with E-state index in [-0.39, 0.29) is 0 Å². The van der Waals surface area contributed by atoms with Crippen LogP contribution >= 0.6 is 7.37 Å². The highest BCUT2D eigenvalue weighted by Crippen LogP contribution is 2.47. The first-order chi connectivity index (χ1) is 11.1. The van der Waals surface area contributed by atoms with E-state index < -0.39 is 52.5 Å². The van der Waals surface area contributed by atoms with E-state index in [9.17, 15) is 34.9 Å². The zero-order chi connectivity index (χ0) is 19.7. The molecule has 0 radical (unpaired) electrons. The molecule has 0 saturated carbocycles. The summed E-state index contributed by atoms with van der Waals surface area (Å²) in [6, 6.07) is 2.68. The minimum atomic E-state index is -6.00. The molecule has 0 N–H and O–H groups in total. The van der Waals surface area contributed by atoms with Gasteiger partial charge >= 0.3 is 12.1 Å². The van der Waals surface area contributed by atoms with Gasteiger partial charge in [0.15, 0.2) is 0 Å². The fraction of sp³-hybridized carbons (Fsp3) is 0.538. The second-order valence-corrected chi connectivity index (χ2v) is 9.52. The van der Waals surface area contributed by atoms with Crippen molar-refractivity contribution in [2.75, 3.05) is 13.0 Å². The largest absolute Gasteiger partial charge is 0.458 e. The van der Waals surface area contributed by atoms with Crippen molar-refractivity contribution >= 4 is 17.5 Å². The lowest BCUT2D eigenvalue weighted by Gasteiger charge is -2.22. The summed E-state index contributed by atoms with van der Waals surface area (Å²) in [6.07, 6.45) is -7.54. The van der Waals surface area contributed by atoms with Crippen LogP contribution in [0.3, 0.4) is 0 Å². The van der Waals surface area contributed by atoms with Crippen LogP contribution in [0.25, 0.3) is 0 Å². The van der Waals surface area contributed by atoms with Crippen molar-refractivity contribution in [1.82, 2.24) is 0 Å². The maximum Gasteiger partial charge on any atom is 0.458 e. The Morgan fingerprint density at radius 2 is 1.64 bits per heavy atom. The lowest BCUT2D eigenvalue weighted by atomic mass is 10.1. The fourth-order valence-corrected chi connectivity index (χ4v) is 4.91. The summed E-state index contributed by atoms with van der Waals surface area (Å²) >= 11 is 0. The quantitative estimate of drug-likeness (QED) is 0.380. The molecule has 1 atom stereocenters. The van der Waals surface area contributed by atoms with Crippen molar-refractivity contribution < 1.29 is 43.6 Å². The summed E-state index contributed by atoms with van der Waals surface area (Å²) in [5.41, 5.74) is -1.78. The van der Waals surface area contributed by atoms with Gasteiger partial charge in [0.25, 0.3) is 10.1 Å². The molecule has 0 aliphatic heterocycles. The lowest BCUT2D eigenvalue weighted by Crippen LogP contribution is -2.35. The second-order valence-electron chi connectivity index (χ2n) is 5.44. The molecule has 1 unspecified atom stereocenters. The zero-order valence-electron chi connectivity index (χ0n) is 13.4. The summed E-state index contributed by atoms with van der Waals surface area (Å²) in [7, 11) is -8.60. The molecule has 25 heavy (non-hydrogen) atoms. The third-order valence-electron chi connectivity index (χ3n) is 2.73. The minimum absolute atomic E-state index is 0.333. The molecule has 1 aromatic carbocycles. The van der Waals surface area contributed by atoms with E-state index in [1.807, 2.05) is 0 Å². The van der Waals surface area contributed by atoms with Gasteiger partial charge in [0.2, 0.25) is 7.37 Å². The molecule has 0 bridgehead atoms. The van der Waals surface area contributed by atoms with Crippen LogP contribution in [0.4, 0.5) is 22.0 Å². The van der Waals surface area contributed by atoms with Crippen molar-refractivity contribution in [2.24, 2.45) is 0 Å². The minimum Gasteiger partial charge on any atom is -0.324 e. The van der Waals surface area contributed by atoms with Crippen molar-refractivity contribution in [3.8, 4) is 0 Å². The fourth-order valence-electron chi connectivity index (χ4n) is 1.80. The monoisotopic (exact) mass is 410 g/mol. The Hall–Kier alpha value is -1.03. The average molecular weight is 410 g/mol. The molecule has 0 fully saturated rings. The smallest absolute Gasteiger partial charge is 0.324 e. The number of alkyl halides is 5. The molecule has 0 spiro atoms. The first-order valence-corrected chi connectivity index (χ1v) is 10.4. The molecule has 0 heterocycles. The van der Waals surface area contributed by atoms with Gasteiger partial charge < -0.3 is 4.52 Å². The predicted molar refractivity (Wildman–Crippen MR) is 79.3 cm³/mol. The highest BCUT2D eigenvalue weighted by atomic mass is 32.2. The van der Waals surface area contributed by atoms with Crippen molar-refractivity contribution in [1.29, 1.82) is 0 Å². The van der Waals surface area contributed by atoms with Gasteiger partial charge in [-0.3, -0.25) is 8.75 Å². The Labute approximate surface area is 141 Å². The Morgan fingerprint density at radius 1 is 1.12 bits per heavy atom. The molecule has 12 heteroatoms. The first kappa shape index (κ1) is 22.0. The number of halogens is 5. The van der Waals surface area contributed by atoms with E-state index in [0.717, 1.165) is 18.8 Å². The molecule has 1 rings (SSSR count). The third-order valence-corrected chi connectivity index (χ3v) is 5.69. The summed E-state index contributed by atoms with van der Waals surface area (Å²) in [5.74, 6) is -5.41. The molecule has 0 amide bonds. The zero-order valence-corrected chi connectivity index (χ0v) is 15.1. The van der Waals surface area contributed by atoms with E-state index in [4.69, 9.17) is 4.52 Å². The lowest BCUT2D eigenvalue weighted by molar-refractivity contribution is -0.290. The van der Waals surface area contributed by atoms with Crippen molar-refractivity contribution in [3.63, 3.8) is 0 Å². The third kappa shape index (κ3) is 5.47. The molecule has 0 saturated heterocycles. The molecule has 0 aromatic heterocycles. The summed E-state index contributed by atoms with van der Waals surface area (Å²) in [5, 5.41) is 0. The van der Waals surface area contributed by atoms with Gasteiger partial charge in [-0.2, -0.15) is 30.4 Å². The van der Waals surface area contributed by atoms with Gasteiger partial charge in [-0.05, 0) is 19.9 Å². The maximum atomic E-state index is 13.6.